The van der Waals surface area contributed by atoms with Crippen molar-refractivity contribution >= 4 is 10.9 Å². The van der Waals surface area contributed by atoms with Gasteiger partial charge in [-0.2, -0.15) is 0 Å². The van der Waals surface area contributed by atoms with Gasteiger partial charge < -0.3 is 10.1 Å². The molecule has 3 aromatic rings. The van der Waals surface area contributed by atoms with E-state index in [1.807, 2.05) is 12.1 Å². The number of aliphatic hydroxyl groups excluding tert-OH is 1. The number of hydrogen-bond donors (Lipinski definition) is 2. The monoisotopic (exact) mass is 334 g/mol. The molecule has 130 valence electrons. The van der Waals surface area contributed by atoms with Crippen molar-refractivity contribution in [2.24, 2.45) is 0 Å². The summed E-state index contributed by atoms with van der Waals surface area (Å²) in [6.07, 6.45) is 7.44. The van der Waals surface area contributed by atoms with Crippen molar-refractivity contribution in [3.63, 3.8) is 0 Å². The Bertz CT molecular complexity index is 835. The molecule has 0 aliphatic heterocycles. The highest BCUT2D eigenvalue weighted by molar-refractivity contribution is 5.83. The molecule has 0 saturated heterocycles. The number of aromatic amines is 1. The molecule has 2 N–H and O–H groups in total. The van der Waals surface area contributed by atoms with Gasteiger partial charge in [0.2, 0.25) is 0 Å². The molecule has 1 heterocycles. The Kier molecular flexibility index (Phi) is 6.04. The van der Waals surface area contributed by atoms with Crippen LogP contribution in [-0.2, 0) is 19.6 Å². The Hall–Kier alpha value is -2.36. The molecule has 0 spiro atoms. The van der Waals surface area contributed by atoms with Crippen LogP contribution in [-0.4, -0.2) is 28.1 Å². The van der Waals surface area contributed by atoms with Crippen molar-refractivity contribution in [1.82, 2.24) is 9.88 Å². The quantitative estimate of drug-likeness (QED) is 0.604. The van der Waals surface area contributed by atoms with Crippen LogP contribution >= 0.6 is 0 Å². The lowest BCUT2D eigenvalue weighted by Gasteiger charge is -2.21. The van der Waals surface area contributed by atoms with Crippen LogP contribution in [0.15, 0.2) is 66.9 Å². The first-order chi connectivity index (χ1) is 12.3. The summed E-state index contributed by atoms with van der Waals surface area (Å²) < 4.78 is 0. The SMILES string of the molecule is C/C=C\CN(CCc1c[nH]c2ccccc12)Cc1cccc(CO)c1. The molecule has 0 radical (unpaired) electrons. The lowest BCUT2D eigenvalue weighted by Crippen LogP contribution is -2.26. The standard InChI is InChI=1S/C22H26N2O/c1-2-3-12-24(16-18-7-6-8-19(14-18)17-25)13-11-20-15-23-22-10-5-4-9-21(20)22/h2-10,14-15,23,25H,11-13,16-17H2,1H3/b3-2-. The molecule has 0 aliphatic rings. The van der Waals surface area contributed by atoms with E-state index in [9.17, 15) is 5.11 Å². The molecular formula is C22H26N2O. The maximum Gasteiger partial charge on any atom is 0.0681 e. The molecule has 3 heteroatoms. The van der Waals surface area contributed by atoms with Gasteiger partial charge >= 0.3 is 0 Å². The second-order valence-electron chi connectivity index (χ2n) is 6.39. The summed E-state index contributed by atoms with van der Waals surface area (Å²) >= 11 is 0. The maximum absolute atomic E-state index is 9.34. The average molecular weight is 334 g/mol. The number of H-pyrrole nitrogens is 1. The second-order valence-corrected chi connectivity index (χ2v) is 6.39. The number of benzene rings is 2. The Balaban J connectivity index is 1.70. The Morgan fingerprint density at radius 1 is 1.08 bits per heavy atom. The highest BCUT2D eigenvalue weighted by Crippen LogP contribution is 2.19. The maximum atomic E-state index is 9.34. The van der Waals surface area contributed by atoms with E-state index in [-0.39, 0.29) is 6.61 Å². The van der Waals surface area contributed by atoms with E-state index in [1.54, 1.807) is 0 Å². The molecule has 1 aromatic heterocycles. The number of aliphatic hydroxyl groups is 1. The van der Waals surface area contributed by atoms with E-state index in [4.69, 9.17) is 0 Å². The van der Waals surface area contributed by atoms with Crippen LogP contribution in [0.5, 0.6) is 0 Å². The lowest BCUT2D eigenvalue weighted by molar-refractivity contribution is 0.280. The molecule has 0 saturated carbocycles. The molecule has 0 unspecified atom stereocenters. The molecule has 25 heavy (non-hydrogen) atoms. The van der Waals surface area contributed by atoms with Crippen molar-refractivity contribution in [2.45, 2.75) is 26.5 Å². The minimum Gasteiger partial charge on any atom is -0.392 e. The van der Waals surface area contributed by atoms with Gasteiger partial charge in [0.25, 0.3) is 0 Å². The normalized spacial score (nSPS) is 11.8. The number of hydrogen-bond acceptors (Lipinski definition) is 2. The Morgan fingerprint density at radius 3 is 2.76 bits per heavy atom. The smallest absolute Gasteiger partial charge is 0.0681 e. The lowest BCUT2D eigenvalue weighted by atomic mass is 10.1. The van der Waals surface area contributed by atoms with Crippen LogP contribution in [0.3, 0.4) is 0 Å². The summed E-state index contributed by atoms with van der Waals surface area (Å²) in [5, 5.41) is 10.7. The fourth-order valence-electron chi connectivity index (χ4n) is 3.19. The van der Waals surface area contributed by atoms with Gasteiger partial charge in [-0.1, -0.05) is 54.6 Å². The number of aromatic nitrogens is 1. The van der Waals surface area contributed by atoms with E-state index in [0.29, 0.717) is 0 Å². The zero-order valence-corrected chi connectivity index (χ0v) is 14.8. The van der Waals surface area contributed by atoms with Crippen LogP contribution in [0.1, 0.15) is 23.6 Å². The molecule has 0 fully saturated rings. The zero-order chi connectivity index (χ0) is 17.5. The average Bonchev–Trinajstić information content (AvgIpc) is 3.07. The highest BCUT2D eigenvalue weighted by Gasteiger charge is 2.08. The van der Waals surface area contributed by atoms with Crippen LogP contribution in [0.2, 0.25) is 0 Å². The molecule has 3 nitrogen and oxygen atoms in total. The minimum atomic E-state index is 0.0953. The number of allylic oxidation sites excluding steroid dienone is 1. The van der Waals surface area contributed by atoms with Crippen molar-refractivity contribution in [3.05, 3.63) is 83.6 Å². The predicted molar refractivity (Wildman–Crippen MR) is 104 cm³/mol. The number of fused-ring (bicyclic) bond motifs is 1. The fourth-order valence-corrected chi connectivity index (χ4v) is 3.19. The second kappa shape index (κ2) is 8.65. The van der Waals surface area contributed by atoms with Crippen LogP contribution in [0.25, 0.3) is 10.9 Å². The van der Waals surface area contributed by atoms with E-state index in [1.165, 1.54) is 22.0 Å². The highest BCUT2D eigenvalue weighted by atomic mass is 16.3. The number of nitrogens with one attached hydrogen (secondary N) is 1. The Labute approximate surface area is 149 Å². The van der Waals surface area contributed by atoms with Gasteiger partial charge in [-0.05, 0) is 36.1 Å². The first kappa shape index (κ1) is 17.5. The predicted octanol–water partition coefficient (Wildman–Crippen LogP) is 4.28. The van der Waals surface area contributed by atoms with Crippen molar-refractivity contribution < 1.29 is 5.11 Å². The number of nitrogens with zero attached hydrogens (tertiary/aromatic N) is 1. The summed E-state index contributed by atoms with van der Waals surface area (Å²) in [7, 11) is 0. The van der Waals surface area contributed by atoms with E-state index >= 15 is 0 Å². The summed E-state index contributed by atoms with van der Waals surface area (Å²) in [6, 6.07) is 16.7. The number of rotatable bonds is 8. The molecule has 3 rings (SSSR count). The van der Waals surface area contributed by atoms with Gasteiger partial charge in [-0.15, -0.1) is 0 Å². The summed E-state index contributed by atoms with van der Waals surface area (Å²) in [5.41, 5.74) is 4.79. The van der Waals surface area contributed by atoms with Gasteiger partial charge in [0.1, 0.15) is 0 Å². The zero-order valence-electron chi connectivity index (χ0n) is 14.8. The third-order valence-corrected chi connectivity index (χ3v) is 4.55. The third-order valence-electron chi connectivity index (χ3n) is 4.55. The molecule has 0 bridgehead atoms. The van der Waals surface area contributed by atoms with Crippen molar-refractivity contribution in [3.8, 4) is 0 Å². The summed E-state index contributed by atoms with van der Waals surface area (Å²) in [5.74, 6) is 0. The van der Waals surface area contributed by atoms with Gasteiger partial charge in [-0.3, -0.25) is 4.90 Å². The van der Waals surface area contributed by atoms with Crippen LogP contribution in [0, 0.1) is 0 Å². The molecule has 0 amide bonds. The van der Waals surface area contributed by atoms with Crippen LogP contribution in [0.4, 0.5) is 0 Å². The van der Waals surface area contributed by atoms with Crippen molar-refractivity contribution in [1.29, 1.82) is 0 Å². The van der Waals surface area contributed by atoms with Gasteiger partial charge in [0.15, 0.2) is 0 Å². The van der Waals surface area contributed by atoms with E-state index < -0.39 is 0 Å². The van der Waals surface area contributed by atoms with Crippen molar-refractivity contribution in [2.75, 3.05) is 13.1 Å². The van der Waals surface area contributed by atoms with Gasteiger partial charge in [0, 0.05) is 36.7 Å². The summed E-state index contributed by atoms with van der Waals surface area (Å²) in [6.45, 7) is 4.97. The first-order valence-electron chi connectivity index (χ1n) is 8.87. The van der Waals surface area contributed by atoms with Gasteiger partial charge in [-0.25, -0.2) is 0 Å². The topological polar surface area (TPSA) is 39.3 Å². The fraction of sp³-hybridized carbons (Fsp3) is 0.273. The molecule has 0 atom stereocenters. The minimum absolute atomic E-state index is 0.0953. The van der Waals surface area contributed by atoms with E-state index in [0.717, 1.165) is 31.6 Å². The summed E-state index contributed by atoms with van der Waals surface area (Å²) in [4.78, 5) is 5.80. The largest absolute Gasteiger partial charge is 0.392 e. The third kappa shape index (κ3) is 4.59. The van der Waals surface area contributed by atoms with E-state index in [2.05, 4.69) is 71.6 Å². The first-order valence-corrected chi connectivity index (χ1v) is 8.87. The Morgan fingerprint density at radius 2 is 1.92 bits per heavy atom. The van der Waals surface area contributed by atoms with Gasteiger partial charge in [0.05, 0.1) is 6.61 Å². The number of para-hydroxylation sites is 1. The molecule has 2 aromatic carbocycles. The van der Waals surface area contributed by atoms with Crippen LogP contribution < -0.4 is 0 Å². The molecular weight excluding hydrogens is 308 g/mol. The molecule has 0 aliphatic carbocycles.